The Balaban J connectivity index is 1.90. The summed E-state index contributed by atoms with van der Waals surface area (Å²) < 4.78 is 0. The maximum absolute atomic E-state index is 13.6. The molecule has 0 radical (unpaired) electrons. The second-order valence-electron chi connectivity index (χ2n) is 9.75. The summed E-state index contributed by atoms with van der Waals surface area (Å²) in [6.45, 7) is -0.674. The molecule has 3 rings (SSSR count). The number of carbonyl (C=O) groups is 5. The molecule has 4 unspecified atom stereocenters. The molecule has 42 heavy (non-hydrogen) atoms. The molecule has 0 aliphatic heterocycles. The second-order valence-corrected chi connectivity index (χ2v) is 9.75. The number of amides is 4. The molecule has 4 amide bonds. The number of phenols is 1. The topological polar surface area (TPSA) is 250 Å². The number of aliphatic carboxylic acids is 1. The number of aliphatic hydroxyl groups excluding tert-OH is 1. The number of hydrogen-bond acceptors (Lipinski definition) is 8. The van der Waals surface area contributed by atoms with Crippen LogP contribution in [-0.4, -0.2) is 80.7 Å². The van der Waals surface area contributed by atoms with Gasteiger partial charge in [-0.2, -0.15) is 0 Å². The zero-order chi connectivity index (χ0) is 30.8. The van der Waals surface area contributed by atoms with Gasteiger partial charge in [-0.05, 0) is 35.7 Å². The molecule has 0 fully saturated rings. The standard InChI is InChI=1S/C28H34N6O8/c29-19(14-35)25(38)33-22(11-15-5-7-17(36)8-6-15)26(39)34-23(12-16-13-31-20-4-2-1-3-18(16)20)27(40)32-21(28(41)42)9-10-24(30)37/h1-8,13,19,21-23,31,35-36H,9-12,14,29H2,(H2,30,37)(H,32,40)(H,33,38)(H,34,39)(H,41,42). The third-order valence-electron chi connectivity index (χ3n) is 6.57. The monoisotopic (exact) mass is 582 g/mol. The third-order valence-corrected chi connectivity index (χ3v) is 6.57. The number of carbonyl (C=O) groups excluding carboxylic acids is 4. The number of fused-ring (bicyclic) bond motifs is 1. The van der Waals surface area contributed by atoms with Gasteiger partial charge >= 0.3 is 5.97 Å². The van der Waals surface area contributed by atoms with Crippen molar-refractivity contribution in [3.05, 3.63) is 65.9 Å². The molecular formula is C28H34N6O8. The lowest BCUT2D eigenvalue weighted by Crippen LogP contribution is -2.58. The summed E-state index contributed by atoms with van der Waals surface area (Å²) in [4.78, 5) is 65.5. The number of aromatic amines is 1. The SMILES string of the molecule is NC(=O)CCC(NC(=O)C(Cc1c[nH]c2ccccc12)NC(=O)C(Cc1ccc(O)cc1)NC(=O)C(N)CO)C(=O)O. The number of para-hydroxylation sites is 1. The highest BCUT2D eigenvalue weighted by molar-refractivity contribution is 5.95. The van der Waals surface area contributed by atoms with Gasteiger partial charge in [0.2, 0.25) is 23.6 Å². The second kappa shape index (κ2) is 14.6. The number of carboxylic acid groups (broad SMARTS) is 1. The van der Waals surface area contributed by atoms with Crippen molar-refractivity contribution in [2.45, 2.75) is 49.9 Å². The number of aliphatic hydroxyl groups is 1. The fourth-order valence-electron chi connectivity index (χ4n) is 4.26. The predicted octanol–water partition coefficient (Wildman–Crippen LogP) is -1.22. The van der Waals surface area contributed by atoms with Crippen molar-refractivity contribution >= 4 is 40.5 Å². The maximum atomic E-state index is 13.6. The van der Waals surface area contributed by atoms with Crippen LogP contribution < -0.4 is 27.4 Å². The molecule has 0 bridgehead atoms. The number of carboxylic acids is 1. The van der Waals surface area contributed by atoms with Crippen LogP contribution in [0.15, 0.2) is 54.7 Å². The average Bonchev–Trinajstić information content (AvgIpc) is 3.37. The summed E-state index contributed by atoms with van der Waals surface area (Å²) in [5.41, 5.74) is 12.7. The van der Waals surface area contributed by atoms with E-state index in [-0.39, 0.29) is 31.4 Å². The molecule has 14 nitrogen and oxygen atoms in total. The first-order valence-electron chi connectivity index (χ1n) is 13.1. The van der Waals surface area contributed by atoms with Crippen LogP contribution in [0.5, 0.6) is 5.75 Å². The number of phenolic OH excluding ortho intramolecular Hbond substituents is 1. The Morgan fingerprint density at radius 3 is 2.05 bits per heavy atom. The molecular weight excluding hydrogens is 548 g/mol. The molecule has 0 saturated carbocycles. The molecule has 11 N–H and O–H groups in total. The minimum atomic E-state index is -1.46. The van der Waals surface area contributed by atoms with Crippen molar-refractivity contribution in [3.8, 4) is 5.75 Å². The Morgan fingerprint density at radius 1 is 0.833 bits per heavy atom. The summed E-state index contributed by atoms with van der Waals surface area (Å²) >= 11 is 0. The smallest absolute Gasteiger partial charge is 0.326 e. The quantitative estimate of drug-likeness (QED) is 0.104. The van der Waals surface area contributed by atoms with E-state index in [2.05, 4.69) is 20.9 Å². The minimum Gasteiger partial charge on any atom is -0.508 e. The zero-order valence-corrected chi connectivity index (χ0v) is 22.6. The summed E-state index contributed by atoms with van der Waals surface area (Å²) in [5, 5.41) is 36.7. The van der Waals surface area contributed by atoms with E-state index in [0.29, 0.717) is 11.1 Å². The highest BCUT2D eigenvalue weighted by Crippen LogP contribution is 2.20. The first-order valence-corrected chi connectivity index (χ1v) is 13.1. The Kier molecular flexibility index (Phi) is 11.0. The van der Waals surface area contributed by atoms with Crippen LogP contribution in [0.2, 0.25) is 0 Å². The number of H-pyrrole nitrogens is 1. The number of aromatic hydroxyl groups is 1. The molecule has 0 aliphatic carbocycles. The molecule has 14 heteroatoms. The van der Waals surface area contributed by atoms with Crippen molar-refractivity contribution < 1.29 is 39.3 Å². The van der Waals surface area contributed by atoms with Gasteiger partial charge in [-0.15, -0.1) is 0 Å². The van der Waals surface area contributed by atoms with Crippen molar-refractivity contribution in [1.82, 2.24) is 20.9 Å². The van der Waals surface area contributed by atoms with Gasteiger partial charge < -0.3 is 47.7 Å². The number of nitrogens with two attached hydrogens (primary N) is 2. The Hall–Kier alpha value is -4.95. The highest BCUT2D eigenvalue weighted by Gasteiger charge is 2.31. The molecule has 0 saturated heterocycles. The van der Waals surface area contributed by atoms with E-state index in [1.54, 1.807) is 24.4 Å². The molecule has 224 valence electrons. The number of aromatic nitrogens is 1. The first-order chi connectivity index (χ1) is 20.0. The number of nitrogens with one attached hydrogen (secondary N) is 4. The van der Waals surface area contributed by atoms with Crippen LogP contribution >= 0.6 is 0 Å². The van der Waals surface area contributed by atoms with Crippen molar-refractivity contribution in [1.29, 1.82) is 0 Å². The lowest BCUT2D eigenvalue weighted by atomic mass is 10.0. The van der Waals surface area contributed by atoms with Crippen LogP contribution in [-0.2, 0) is 36.8 Å². The number of hydrogen-bond donors (Lipinski definition) is 9. The van der Waals surface area contributed by atoms with Gasteiger partial charge in [0.25, 0.3) is 0 Å². The molecule has 0 aliphatic rings. The number of primary amides is 1. The van der Waals surface area contributed by atoms with Crippen molar-refractivity contribution in [3.63, 3.8) is 0 Å². The van der Waals surface area contributed by atoms with E-state index >= 15 is 0 Å². The molecule has 0 spiro atoms. The van der Waals surface area contributed by atoms with Gasteiger partial charge in [0.15, 0.2) is 0 Å². The van der Waals surface area contributed by atoms with E-state index in [4.69, 9.17) is 11.5 Å². The van der Waals surface area contributed by atoms with E-state index < -0.39 is 60.4 Å². The van der Waals surface area contributed by atoms with Gasteiger partial charge in [-0.1, -0.05) is 30.3 Å². The van der Waals surface area contributed by atoms with Crippen LogP contribution in [0.4, 0.5) is 0 Å². The summed E-state index contributed by atoms with van der Waals surface area (Å²) in [6.07, 6.45) is 0.994. The molecule has 1 heterocycles. The van der Waals surface area contributed by atoms with Crippen LogP contribution in [0.1, 0.15) is 24.0 Å². The third kappa shape index (κ3) is 8.78. The summed E-state index contributed by atoms with van der Waals surface area (Å²) in [6, 6.07) is 7.80. The highest BCUT2D eigenvalue weighted by atomic mass is 16.4. The maximum Gasteiger partial charge on any atom is 0.326 e. The number of rotatable bonds is 15. The molecule has 4 atom stereocenters. The molecule has 1 aromatic heterocycles. The molecule has 3 aromatic rings. The lowest BCUT2D eigenvalue weighted by molar-refractivity contribution is -0.142. The van der Waals surface area contributed by atoms with Crippen LogP contribution in [0, 0.1) is 0 Å². The lowest BCUT2D eigenvalue weighted by Gasteiger charge is -2.25. The zero-order valence-electron chi connectivity index (χ0n) is 22.6. The fourth-order valence-corrected chi connectivity index (χ4v) is 4.26. The van der Waals surface area contributed by atoms with E-state index in [1.165, 1.54) is 12.1 Å². The van der Waals surface area contributed by atoms with Gasteiger partial charge in [0.05, 0.1) is 6.61 Å². The minimum absolute atomic E-state index is 0.00845. The van der Waals surface area contributed by atoms with Crippen molar-refractivity contribution in [2.75, 3.05) is 6.61 Å². The van der Waals surface area contributed by atoms with E-state index in [0.717, 1.165) is 10.9 Å². The van der Waals surface area contributed by atoms with Gasteiger partial charge in [0.1, 0.15) is 29.9 Å². The molecule has 2 aromatic carbocycles. The predicted molar refractivity (Wildman–Crippen MR) is 151 cm³/mol. The van der Waals surface area contributed by atoms with Gasteiger partial charge in [0, 0.05) is 36.4 Å². The Bertz CT molecular complexity index is 1420. The normalized spacial score (nSPS) is 13.9. The largest absolute Gasteiger partial charge is 0.508 e. The van der Waals surface area contributed by atoms with Gasteiger partial charge in [-0.25, -0.2) is 4.79 Å². The Labute approximate surface area is 240 Å². The van der Waals surface area contributed by atoms with E-state index in [1.807, 2.05) is 18.2 Å². The van der Waals surface area contributed by atoms with Gasteiger partial charge in [-0.3, -0.25) is 19.2 Å². The van der Waals surface area contributed by atoms with Crippen LogP contribution in [0.25, 0.3) is 10.9 Å². The number of benzene rings is 2. The summed E-state index contributed by atoms with van der Waals surface area (Å²) in [7, 11) is 0. The average molecular weight is 583 g/mol. The van der Waals surface area contributed by atoms with Crippen molar-refractivity contribution in [2.24, 2.45) is 11.5 Å². The Morgan fingerprint density at radius 2 is 1.43 bits per heavy atom. The summed E-state index contributed by atoms with van der Waals surface area (Å²) in [5.74, 6) is -4.58. The fraction of sp³-hybridized carbons (Fsp3) is 0.321. The van der Waals surface area contributed by atoms with E-state index in [9.17, 15) is 39.3 Å². The first kappa shape index (κ1) is 31.6. The van der Waals surface area contributed by atoms with Crippen LogP contribution in [0.3, 0.4) is 0 Å².